The van der Waals surface area contributed by atoms with E-state index in [2.05, 4.69) is 46.5 Å². The molecular formula is C16H16BrN5. The van der Waals surface area contributed by atoms with Crippen molar-refractivity contribution >= 4 is 27.4 Å². The van der Waals surface area contributed by atoms with Gasteiger partial charge >= 0.3 is 0 Å². The van der Waals surface area contributed by atoms with Crippen LogP contribution in [0.2, 0.25) is 0 Å². The summed E-state index contributed by atoms with van der Waals surface area (Å²) < 4.78 is 3.11. The lowest BCUT2D eigenvalue weighted by Gasteiger charge is -2.32. The number of hydrogen-bond donors (Lipinski definition) is 0. The van der Waals surface area contributed by atoms with Crippen molar-refractivity contribution in [3.05, 3.63) is 53.0 Å². The zero-order valence-corrected chi connectivity index (χ0v) is 13.6. The molecule has 1 unspecified atom stereocenters. The normalized spacial score (nSPS) is 18.8. The molecule has 4 heterocycles. The van der Waals surface area contributed by atoms with Gasteiger partial charge in [0.25, 0.3) is 0 Å². The largest absolute Gasteiger partial charge is 0.356 e. The molecule has 0 spiro atoms. The molecule has 6 heteroatoms. The molecule has 1 aliphatic rings. The first-order valence-electron chi connectivity index (χ1n) is 7.47. The van der Waals surface area contributed by atoms with E-state index >= 15 is 0 Å². The van der Waals surface area contributed by atoms with E-state index in [1.165, 1.54) is 0 Å². The number of nitrogens with zero attached hydrogens (tertiary/aromatic N) is 5. The Morgan fingerprint density at radius 3 is 2.95 bits per heavy atom. The minimum absolute atomic E-state index is 0.386. The van der Waals surface area contributed by atoms with Gasteiger partial charge in [0, 0.05) is 35.9 Å². The van der Waals surface area contributed by atoms with E-state index in [-0.39, 0.29) is 0 Å². The van der Waals surface area contributed by atoms with Crippen LogP contribution in [0.25, 0.3) is 5.65 Å². The number of hydrogen-bond acceptors (Lipinski definition) is 4. The molecular weight excluding hydrogens is 342 g/mol. The molecule has 0 radical (unpaired) electrons. The first-order chi connectivity index (χ1) is 10.8. The Kier molecular flexibility index (Phi) is 3.54. The van der Waals surface area contributed by atoms with Crippen LogP contribution in [0.15, 0.2) is 47.2 Å². The summed E-state index contributed by atoms with van der Waals surface area (Å²) in [7, 11) is 0. The quantitative estimate of drug-likeness (QED) is 0.706. The second-order valence-corrected chi connectivity index (χ2v) is 6.52. The highest BCUT2D eigenvalue weighted by Crippen LogP contribution is 2.28. The van der Waals surface area contributed by atoms with Crippen molar-refractivity contribution in [1.29, 1.82) is 0 Å². The number of fused-ring (bicyclic) bond motifs is 1. The molecule has 0 aromatic carbocycles. The minimum atomic E-state index is 0.386. The number of rotatable bonds is 2. The summed E-state index contributed by atoms with van der Waals surface area (Å²) in [4.78, 5) is 6.85. The van der Waals surface area contributed by atoms with Crippen molar-refractivity contribution < 1.29 is 0 Å². The van der Waals surface area contributed by atoms with Crippen molar-refractivity contribution in [2.45, 2.75) is 18.8 Å². The SMILES string of the molecule is Brc1ccc(N2CCCC(c3nnc4ccccn34)C2)nc1. The lowest BCUT2D eigenvalue weighted by atomic mass is 9.97. The van der Waals surface area contributed by atoms with Crippen molar-refractivity contribution in [3.8, 4) is 0 Å². The van der Waals surface area contributed by atoms with Crippen molar-refractivity contribution in [2.75, 3.05) is 18.0 Å². The smallest absolute Gasteiger partial charge is 0.160 e. The molecule has 1 atom stereocenters. The van der Waals surface area contributed by atoms with Gasteiger partial charge in [-0.05, 0) is 53.0 Å². The highest BCUT2D eigenvalue weighted by molar-refractivity contribution is 9.10. The number of aromatic nitrogens is 4. The maximum atomic E-state index is 4.52. The van der Waals surface area contributed by atoms with Gasteiger partial charge in [-0.25, -0.2) is 4.98 Å². The lowest BCUT2D eigenvalue weighted by Crippen LogP contribution is -2.35. The van der Waals surface area contributed by atoms with Crippen LogP contribution in [0.5, 0.6) is 0 Å². The topological polar surface area (TPSA) is 46.3 Å². The number of anilines is 1. The molecule has 112 valence electrons. The molecule has 1 saturated heterocycles. The monoisotopic (exact) mass is 357 g/mol. The predicted octanol–water partition coefficient (Wildman–Crippen LogP) is 3.27. The van der Waals surface area contributed by atoms with Crippen LogP contribution in [0, 0.1) is 0 Å². The minimum Gasteiger partial charge on any atom is -0.356 e. The Morgan fingerprint density at radius 1 is 1.14 bits per heavy atom. The summed E-state index contributed by atoms with van der Waals surface area (Å²) in [5, 5.41) is 8.70. The summed E-state index contributed by atoms with van der Waals surface area (Å²) in [6, 6.07) is 10.1. The molecule has 5 nitrogen and oxygen atoms in total. The zero-order chi connectivity index (χ0) is 14.9. The summed E-state index contributed by atoms with van der Waals surface area (Å²) in [6.45, 7) is 1.98. The Hall–Kier alpha value is -1.95. The Labute approximate surface area is 137 Å². The highest BCUT2D eigenvalue weighted by atomic mass is 79.9. The van der Waals surface area contributed by atoms with Gasteiger partial charge in [-0.2, -0.15) is 0 Å². The fraction of sp³-hybridized carbons (Fsp3) is 0.312. The summed E-state index contributed by atoms with van der Waals surface area (Å²) in [6.07, 6.45) is 6.18. The van der Waals surface area contributed by atoms with Gasteiger partial charge in [-0.3, -0.25) is 4.40 Å². The van der Waals surface area contributed by atoms with Crippen LogP contribution < -0.4 is 4.90 Å². The van der Waals surface area contributed by atoms with E-state index in [1.807, 2.05) is 36.7 Å². The molecule has 1 fully saturated rings. The standard InChI is InChI=1S/C16H16BrN5/c17-13-6-7-14(18-10-13)21-8-3-4-12(11-21)16-20-19-15-5-1-2-9-22(15)16/h1-2,5-7,9-10,12H,3-4,8,11H2. The molecule has 1 aliphatic heterocycles. The lowest BCUT2D eigenvalue weighted by molar-refractivity contribution is 0.486. The third-order valence-corrected chi connectivity index (χ3v) is 4.63. The van der Waals surface area contributed by atoms with Gasteiger partial charge in [-0.15, -0.1) is 10.2 Å². The van der Waals surface area contributed by atoms with Crippen LogP contribution in [-0.4, -0.2) is 32.7 Å². The fourth-order valence-electron chi connectivity index (χ4n) is 3.09. The van der Waals surface area contributed by atoms with Crippen molar-refractivity contribution in [2.24, 2.45) is 0 Å². The molecule has 3 aromatic rings. The van der Waals surface area contributed by atoms with E-state index in [0.29, 0.717) is 5.92 Å². The third kappa shape index (κ3) is 2.47. The molecule has 0 N–H and O–H groups in total. The fourth-order valence-corrected chi connectivity index (χ4v) is 3.32. The van der Waals surface area contributed by atoms with Crippen LogP contribution in [0.3, 0.4) is 0 Å². The molecule has 4 rings (SSSR count). The maximum Gasteiger partial charge on any atom is 0.160 e. The van der Waals surface area contributed by atoms with Gasteiger partial charge in [0.05, 0.1) is 0 Å². The second kappa shape index (κ2) is 5.68. The van der Waals surface area contributed by atoms with E-state index in [0.717, 1.165) is 47.7 Å². The average molecular weight is 358 g/mol. The van der Waals surface area contributed by atoms with Gasteiger partial charge in [0.15, 0.2) is 5.65 Å². The maximum absolute atomic E-state index is 4.52. The molecule has 3 aromatic heterocycles. The van der Waals surface area contributed by atoms with Gasteiger partial charge in [0.1, 0.15) is 11.6 Å². The number of pyridine rings is 2. The summed E-state index contributed by atoms with van der Waals surface area (Å²) >= 11 is 3.44. The number of halogens is 1. The summed E-state index contributed by atoms with van der Waals surface area (Å²) in [5.74, 6) is 2.47. The van der Waals surface area contributed by atoms with E-state index in [1.54, 1.807) is 0 Å². The molecule has 0 saturated carbocycles. The van der Waals surface area contributed by atoms with E-state index in [4.69, 9.17) is 0 Å². The Bertz CT molecular complexity index is 783. The van der Waals surface area contributed by atoms with Crippen LogP contribution in [-0.2, 0) is 0 Å². The third-order valence-electron chi connectivity index (χ3n) is 4.16. The molecule has 0 amide bonds. The average Bonchev–Trinajstić information content (AvgIpc) is 3.00. The van der Waals surface area contributed by atoms with Crippen molar-refractivity contribution in [3.63, 3.8) is 0 Å². The van der Waals surface area contributed by atoms with Crippen LogP contribution in [0.1, 0.15) is 24.6 Å². The van der Waals surface area contributed by atoms with Gasteiger partial charge in [-0.1, -0.05) is 6.07 Å². The molecule has 0 bridgehead atoms. The first kappa shape index (κ1) is 13.7. The second-order valence-electron chi connectivity index (χ2n) is 5.61. The van der Waals surface area contributed by atoms with Crippen LogP contribution in [0.4, 0.5) is 5.82 Å². The van der Waals surface area contributed by atoms with Gasteiger partial charge in [0.2, 0.25) is 0 Å². The van der Waals surface area contributed by atoms with E-state index < -0.39 is 0 Å². The Morgan fingerprint density at radius 2 is 2.09 bits per heavy atom. The van der Waals surface area contributed by atoms with E-state index in [9.17, 15) is 0 Å². The van der Waals surface area contributed by atoms with Crippen LogP contribution >= 0.6 is 15.9 Å². The zero-order valence-electron chi connectivity index (χ0n) is 12.1. The van der Waals surface area contributed by atoms with Crippen molar-refractivity contribution in [1.82, 2.24) is 19.6 Å². The summed E-state index contributed by atoms with van der Waals surface area (Å²) in [5.41, 5.74) is 0.913. The van der Waals surface area contributed by atoms with Gasteiger partial charge < -0.3 is 4.90 Å². The highest BCUT2D eigenvalue weighted by Gasteiger charge is 2.25. The molecule has 0 aliphatic carbocycles. The molecule has 22 heavy (non-hydrogen) atoms. The predicted molar refractivity (Wildman–Crippen MR) is 89.1 cm³/mol. The Balaban J connectivity index is 1.62. The number of piperidine rings is 1. The first-order valence-corrected chi connectivity index (χ1v) is 8.27.